The number of benzene rings is 4. The van der Waals surface area contributed by atoms with Gasteiger partial charge in [-0.15, -0.1) is 0 Å². The highest BCUT2D eigenvalue weighted by molar-refractivity contribution is 5.58. The van der Waals surface area contributed by atoms with Gasteiger partial charge in [0.05, 0.1) is 0 Å². The highest BCUT2D eigenvalue weighted by Gasteiger charge is 2.40. The molecule has 0 radical (unpaired) electrons. The lowest BCUT2D eigenvalue weighted by atomic mass is 9.79. The Morgan fingerprint density at radius 2 is 1.43 bits per heavy atom. The summed E-state index contributed by atoms with van der Waals surface area (Å²) in [5.74, 6) is 2.05. The molecule has 1 unspecified atom stereocenters. The van der Waals surface area contributed by atoms with E-state index >= 15 is 0 Å². The third-order valence-corrected chi connectivity index (χ3v) is 6.63. The predicted octanol–water partition coefficient (Wildman–Crippen LogP) is 6.17. The number of nitrogens with zero attached hydrogens (tertiary/aromatic N) is 1. The van der Waals surface area contributed by atoms with Crippen molar-refractivity contribution in [1.29, 1.82) is 0 Å². The Hall–Kier alpha value is -3.60. The molecule has 0 spiro atoms. The molecule has 1 aliphatic heterocycles. The zero-order valence-electron chi connectivity index (χ0n) is 20.1. The van der Waals surface area contributed by atoms with Crippen molar-refractivity contribution in [1.82, 2.24) is 4.90 Å². The lowest BCUT2D eigenvalue weighted by molar-refractivity contribution is 0.0697. The lowest BCUT2D eigenvalue weighted by Crippen LogP contribution is -2.33. The molecule has 4 nitrogen and oxygen atoms in total. The van der Waals surface area contributed by atoms with Crippen molar-refractivity contribution in [3.8, 4) is 17.2 Å². The van der Waals surface area contributed by atoms with Gasteiger partial charge >= 0.3 is 0 Å². The minimum absolute atomic E-state index is 0.465. The fourth-order valence-electron chi connectivity index (χ4n) is 4.74. The molecule has 4 aromatic rings. The molecule has 0 aromatic heterocycles. The minimum atomic E-state index is -1.18. The first kappa shape index (κ1) is 23.2. The molecule has 5 rings (SSSR count). The van der Waals surface area contributed by atoms with Gasteiger partial charge in [-0.25, -0.2) is 0 Å². The van der Waals surface area contributed by atoms with Crippen LogP contribution in [0.4, 0.5) is 0 Å². The van der Waals surface area contributed by atoms with E-state index in [0.717, 1.165) is 42.1 Å². The third kappa shape index (κ3) is 5.09. The Bertz CT molecular complexity index is 1260. The maximum atomic E-state index is 12.0. The van der Waals surface area contributed by atoms with E-state index in [9.17, 15) is 5.11 Å². The second-order valence-corrected chi connectivity index (χ2v) is 8.98. The van der Waals surface area contributed by atoms with Gasteiger partial charge < -0.3 is 14.6 Å². The van der Waals surface area contributed by atoms with Crippen LogP contribution in [0.1, 0.15) is 29.2 Å². The van der Waals surface area contributed by atoms with Crippen molar-refractivity contribution in [3.63, 3.8) is 0 Å². The van der Waals surface area contributed by atoms with Gasteiger partial charge in [0, 0.05) is 36.7 Å². The molecule has 0 saturated carbocycles. The first-order valence-corrected chi connectivity index (χ1v) is 12.2. The molecule has 35 heavy (non-hydrogen) atoms. The summed E-state index contributed by atoms with van der Waals surface area (Å²) < 4.78 is 12.3. The smallest absolute Gasteiger partial charge is 0.137 e. The molecule has 178 valence electrons. The Balaban J connectivity index is 1.33. The van der Waals surface area contributed by atoms with Gasteiger partial charge in [-0.2, -0.15) is 0 Å². The van der Waals surface area contributed by atoms with Crippen LogP contribution >= 0.6 is 0 Å². The summed E-state index contributed by atoms with van der Waals surface area (Å²) in [6.07, 6.45) is 0.465. The molecule has 1 heterocycles. The molecular formula is C31H31NO3. The Morgan fingerprint density at radius 3 is 2.17 bits per heavy atom. The molecular weight excluding hydrogens is 434 g/mol. The van der Waals surface area contributed by atoms with Crippen LogP contribution in [0.15, 0.2) is 103 Å². The van der Waals surface area contributed by atoms with Crippen LogP contribution in [0.3, 0.4) is 0 Å². The first-order chi connectivity index (χ1) is 17.2. The van der Waals surface area contributed by atoms with E-state index in [0.29, 0.717) is 24.5 Å². The van der Waals surface area contributed by atoms with E-state index in [-0.39, 0.29) is 0 Å². The fraction of sp³-hybridized carbons (Fsp3) is 0.226. The standard InChI is InChI=1S/C31H31NO3/c1-2-32(23-25-13-7-4-8-14-25)19-20-34-26-17-18-28-30(21-26)35-29-16-10-9-15-27(29)31(28,33)22-24-11-5-3-6-12-24/h3-18,21,33H,2,19-20,22-23H2,1H3. The van der Waals surface area contributed by atoms with Crippen LogP contribution in [0.2, 0.25) is 0 Å². The summed E-state index contributed by atoms with van der Waals surface area (Å²) in [6, 6.07) is 34.0. The van der Waals surface area contributed by atoms with E-state index in [1.165, 1.54) is 5.56 Å². The number of hydrogen-bond donors (Lipinski definition) is 1. The molecule has 0 aliphatic carbocycles. The van der Waals surface area contributed by atoms with Gasteiger partial charge in [-0.05, 0) is 35.9 Å². The average Bonchev–Trinajstić information content (AvgIpc) is 2.89. The van der Waals surface area contributed by atoms with E-state index in [2.05, 4.69) is 36.1 Å². The molecule has 1 atom stereocenters. The van der Waals surface area contributed by atoms with Crippen LogP contribution in [-0.2, 0) is 18.6 Å². The minimum Gasteiger partial charge on any atom is -0.492 e. The van der Waals surface area contributed by atoms with E-state index in [4.69, 9.17) is 9.47 Å². The quantitative estimate of drug-likeness (QED) is 0.321. The third-order valence-electron chi connectivity index (χ3n) is 6.63. The van der Waals surface area contributed by atoms with Crippen LogP contribution < -0.4 is 9.47 Å². The number of aliphatic hydroxyl groups is 1. The fourth-order valence-corrected chi connectivity index (χ4v) is 4.74. The van der Waals surface area contributed by atoms with Crippen LogP contribution in [0.5, 0.6) is 17.2 Å². The number of likely N-dealkylation sites (N-methyl/N-ethyl adjacent to an activating group) is 1. The summed E-state index contributed by atoms with van der Waals surface area (Å²) in [5, 5.41) is 12.0. The Labute approximate surface area is 207 Å². The number of para-hydroxylation sites is 1. The summed E-state index contributed by atoms with van der Waals surface area (Å²) in [4.78, 5) is 2.36. The van der Waals surface area contributed by atoms with Crippen molar-refractivity contribution in [2.24, 2.45) is 0 Å². The molecule has 0 bridgehead atoms. The zero-order chi connectivity index (χ0) is 24.1. The van der Waals surface area contributed by atoms with E-state index < -0.39 is 5.60 Å². The maximum Gasteiger partial charge on any atom is 0.137 e. The predicted molar refractivity (Wildman–Crippen MR) is 139 cm³/mol. The normalized spacial score (nSPS) is 16.3. The Kier molecular flexibility index (Phi) is 6.84. The van der Waals surface area contributed by atoms with Gasteiger partial charge in [0.25, 0.3) is 0 Å². The molecule has 0 saturated heterocycles. The summed E-state index contributed by atoms with van der Waals surface area (Å²) >= 11 is 0. The van der Waals surface area contributed by atoms with Gasteiger partial charge in [0.2, 0.25) is 0 Å². The van der Waals surface area contributed by atoms with Gasteiger partial charge in [0.1, 0.15) is 29.5 Å². The average molecular weight is 466 g/mol. The van der Waals surface area contributed by atoms with Crippen LogP contribution in [-0.4, -0.2) is 29.7 Å². The van der Waals surface area contributed by atoms with E-state index in [1.54, 1.807) is 0 Å². The SMILES string of the molecule is CCN(CCOc1ccc2c(c1)Oc1ccccc1C2(O)Cc1ccccc1)Cc1ccccc1. The Morgan fingerprint density at radius 1 is 0.771 bits per heavy atom. The van der Waals surface area contributed by atoms with Crippen molar-refractivity contribution in [3.05, 3.63) is 125 Å². The van der Waals surface area contributed by atoms with Gasteiger partial charge in [-0.3, -0.25) is 4.90 Å². The summed E-state index contributed by atoms with van der Waals surface area (Å²) in [5.41, 5.74) is 2.72. The number of fused-ring (bicyclic) bond motifs is 2. The molecule has 4 aromatic carbocycles. The zero-order valence-corrected chi connectivity index (χ0v) is 20.1. The molecule has 1 N–H and O–H groups in total. The highest BCUT2D eigenvalue weighted by Crippen LogP contribution is 2.49. The molecule has 1 aliphatic rings. The molecule has 4 heteroatoms. The van der Waals surface area contributed by atoms with Crippen molar-refractivity contribution >= 4 is 0 Å². The molecule has 0 fully saturated rings. The first-order valence-electron chi connectivity index (χ1n) is 12.2. The monoisotopic (exact) mass is 465 g/mol. The van der Waals surface area contributed by atoms with Crippen LogP contribution in [0.25, 0.3) is 0 Å². The van der Waals surface area contributed by atoms with Crippen molar-refractivity contribution in [2.75, 3.05) is 19.7 Å². The summed E-state index contributed by atoms with van der Waals surface area (Å²) in [7, 11) is 0. The van der Waals surface area contributed by atoms with E-state index in [1.807, 2.05) is 78.9 Å². The topological polar surface area (TPSA) is 41.9 Å². The number of hydrogen-bond acceptors (Lipinski definition) is 4. The second kappa shape index (κ2) is 10.3. The number of ether oxygens (including phenoxy) is 2. The van der Waals surface area contributed by atoms with Crippen molar-refractivity contribution in [2.45, 2.75) is 25.5 Å². The summed E-state index contributed by atoms with van der Waals surface area (Å²) in [6.45, 7) is 5.42. The highest BCUT2D eigenvalue weighted by atomic mass is 16.5. The lowest BCUT2D eigenvalue weighted by Gasteiger charge is -2.36. The van der Waals surface area contributed by atoms with Gasteiger partial charge in [-0.1, -0.05) is 85.8 Å². The number of rotatable bonds is 9. The second-order valence-electron chi connectivity index (χ2n) is 8.98. The van der Waals surface area contributed by atoms with Crippen molar-refractivity contribution < 1.29 is 14.6 Å². The largest absolute Gasteiger partial charge is 0.492 e. The molecule has 0 amide bonds. The van der Waals surface area contributed by atoms with Gasteiger partial charge in [0.15, 0.2) is 0 Å². The van der Waals surface area contributed by atoms with Crippen LogP contribution in [0, 0.1) is 0 Å². The maximum absolute atomic E-state index is 12.0.